The third-order valence-electron chi connectivity index (χ3n) is 4.93. The molecular formula is C21H25ClN2O. The number of anilines is 1. The van der Waals surface area contributed by atoms with Gasteiger partial charge in [-0.15, -0.1) is 0 Å². The van der Waals surface area contributed by atoms with Crippen LogP contribution >= 0.6 is 11.6 Å². The molecule has 0 atom stereocenters. The van der Waals surface area contributed by atoms with Crippen LogP contribution < -0.4 is 5.32 Å². The molecule has 1 amide bonds. The molecule has 0 spiro atoms. The molecule has 3 nitrogen and oxygen atoms in total. The van der Waals surface area contributed by atoms with Crippen molar-refractivity contribution in [3.05, 3.63) is 64.7 Å². The predicted molar refractivity (Wildman–Crippen MR) is 104 cm³/mol. The van der Waals surface area contributed by atoms with Crippen molar-refractivity contribution in [2.75, 3.05) is 18.4 Å². The minimum atomic E-state index is 0.103. The standard InChI is InChI=1S/C21H25ClN2O/c1-2-17-5-3-4-6-20(17)23-21(25)18-11-13-24(14-12-18)15-16-7-9-19(22)10-8-16/h3-10,18H,2,11-15H2,1H3,(H,23,25). The molecular weight excluding hydrogens is 332 g/mol. The molecule has 1 N–H and O–H groups in total. The summed E-state index contributed by atoms with van der Waals surface area (Å²) in [6.07, 6.45) is 2.75. The maximum atomic E-state index is 12.6. The van der Waals surface area contributed by atoms with Gasteiger partial charge >= 0.3 is 0 Å². The number of carbonyl (C=O) groups excluding carboxylic acids is 1. The lowest BCUT2D eigenvalue weighted by atomic mass is 9.95. The molecule has 0 saturated carbocycles. The van der Waals surface area contributed by atoms with Gasteiger partial charge in [0.2, 0.25) is 5.91 Å². The van der Waals surface area contributed by atoms with Gasteiger partial charge in [0, 0.05) is 23.2 Å². The first kappa shape index (κ1) is 18.0. The second kappa shape index (κ2) is 8.50. The number of hydrogen-bond donors (Lipinski definition) is 1. The third kappa shape index (κ3) is 4.83. The van der Waals surface area contributed by atoms with Crippen LogP contribution in [0.5, 0.6) is 0 Å². The molecule has 0 unspecified atom stereocenters. The first-order valence-electron chi connectivity index (χ1n) is 9.01. The van der Waals surface area contributed by atoms with Gasteiger partial charge in [-0.25, -0.2) is 0 Å². The summed E-state index contributed by atoms with van der Waals surface area (Å²) in [5.41, 5.74) is 3.42. The van der Waals surface area contributed by atoms with Crippen LogP contribution in [-0.4, -0.2) is 23.9 Å². The first-order chi connectivity index (χ1) is 12.2. The van der Waals surface area contributed by atoms with Crippen molar-refractivity contribution in [2.24, 2.45) is 5.92 Å². The van der Waals surface area contributed by atoms with Gasteiger partial charge < -0.3 is 5.32 Å². The summed E-state index contributed by atoms with van der Waals surface area (Å²) in [7, 11) is 0. The smallest absolute Gasteiger partial charge is 0.227 e. The lowest BCUT2D eigenvalue weighted by Crippen LogP contribution is -2.37. The third-order valence-corrected chi connectivity index (χ3v) is 5.19. The van der Waals surface area contributed by atoms with Gasteiger partial charge in [0.15, 0.2) is 0 Å². The maximum absolute atomic E-state index is 12.6. The van der Waals surface area contributed by atoms with Gasteiger partial charge in [-0.2, -0.15) is 0 Å². The van der Waals surface area contributed by atoms with E-state index < -0.39 is 0 Å². The average Bonchev–Trinajstić information content (AvgIpc) is 2.64. The Labute approximate surface area is 155 Å². The van der Waals surface area contributed by atoms with Gasteiger partial charge in [0.1, 0.15) is 0 Å². The minimum Gasteiger partial charge on any atom is -0.326 e. The molecule has 0 aromatic heterocycles. The number of carbonyl (C=O) groups is 1. The number of benzene rings is 2. The number of amides is 1. The molecule has 4 heteroatoms. The number of likely N-dealkylation sites (tertiary alicyclic amines) is 1. The van der Waals surface area contributed by atoms with E-state index in [1.54, 1.807) is 0 Å². The molecule has 1 aliphatic heterocycles. The zero-order chi connectivity index (χ0) is 17.6. The van der Waals surface area contributed by atoms with Gasteiger partial charge in [0.25, 0.3) is 0 Å². The molecule has 2 aromatic rings. The van der Waals surface area contributed by atoms with Crippen molar-refractivity contribution in [1.82, 2.24) is 4.90 Å². The van der Waals surface area contributed by atoms with E-state index in [-0.39, 0.29) is 11.8 Å². The SMILES string of the molecule is CCc1ccccc1NC(=O)C1CCN(Cc2ccc(Cl)cc2)CC1. The van der Waals surface area contributed by atoms with E-state index >= 15 is 0 Å². The molecule has 1 aliphatic rings. The Kier molecular flexibility index (Phi) is 6.11. The van der Waals surface area contributed by atoms with Gasteiger partial charge in [-0.1, -0.05) is 48.9 Å². The molecule has 25 heavy (non-hydrogen) atoms. The monoisotopic (exact) mass is 356 g/mol. The van der Waals surface area contributed by atoms with E-state index in [2.05, 4.69) is 35.3 Å². The fourth-order valence-corrected chi connectivity index (χ4v) is 3.51. The number of hydrogen-bond acceptors (Lipinski definition) is 2. The van der Waals surface area contributed by atoms with Gasteiger partial charge in [-0.3, -0.25) is 9.69 Å². The summed E-state index contributed by atoms with van der Waals surface area (Å²) >= 11 is 5.94. The summed E-state index contributed by atoms with van der Waals surface area (Å²) in [6, 6.07) is 16.1. The van der Waals surface area contributed by atoms with Crippen molar-refractivity contribution in [3.63, 3.8) is 0 Å². The Hall–Kier alpha value is -1.84. The Morgan fingerprint density at radius 1 is 1.12 bits per heavy atom. The van der Waals surface area contributed by atoms with Crippen molar-refractivity contribution in [1.29, 1.82) is 0 Å². The van der Waals surface area contributed by atoms with Gasteiger partial charge in [-0.05, 0) is 61.7 Å². The molecule has 0 aliphatic carbocycles. The molecule has 132 valence electrons. The van der Waals surface area contributed by atoms with Crippen LogP contribution in [0.4, 0.5) is 5.69 Å². The second-order valence-electron chi connectivity index (χ2n) is 6.68. The number of nitrogens with zero attached hydrogens (tertiary/aromatic N) is 1. The Morgan fingerprint density at radius 2 is 1.80 bits per heavy atom. The van der Waals surface area contributed by atoms with Crippen LogP contribution in [0.2, 0.25) is 5.02 Å². The van der Waals surface area contributed by atoms with Crippen LogP contribution in [0.15, 0.2) is 48.5 Å². The van der Waals surface area contributed by atoms with E-state index in [9.17, 15) is 4.79 Å². The highest BCUT2D eigenvalue weighted by atomic mass is 35.5. The summed E-state index contributed by atoms with van der Waals surface area (Å²) < 4.78 is 0. The number of rotatable bonds is 5. The Balaban J connectivity index is 1.51. The Bertz CT molecular complexity index is 706. The number of halogens is 1. The predicted octanol–water partition coefficient (Wildman–Crippen LogP) is 4.75. The summed E-state index contributed by atoms with van der Waals surface area (Å²) in [5, 5.41) is 3.90. The van der Waals surface area contributed by atoms with Crippen molar-refractivity contribution in [2.45, 2.75) is 32.7 Å². The van der Waals surface area contributed by atoms with E-state index in [1.807, 2.05) is 30.3 Å². The molecule has 1 fully saturated rings. The highest BCUT2D eigenvalue weighted by Crippen LogP contribution is 2.23. The van der Waals surface area contributed by atoms with E-state index in [4.69, 9.17) is 11.6 Å². The number of para-hydroxylation sites is 1. The van der Waals surface area contributed by atoms with E-state index in [0.29, 0.717) is 0 Å². The molecule has 0 bridgehead atoms. The topological polar surface area (TPSA) is 32.3 Å². The highest BCUT2D eigenvalue weighted by Gasteiger charge is 2.25. The normalized spacial score (nSPS) is 15.9. The molecule has 3 rings (SSSR count). The summed E-state index contributed by atoms with van der Waals surface area (Å²) in [6.45, 7) is 4.94. The fourth-order valence-electron chi connectivity index (χ4n) is 3.39. The first-order valence-corrected chi connectivity index (χ1v) is 9.39. The lowest BCUT2D eigenvalue weighted by Gasteiger charge is -2.31. The van der Waals surface area contributed by atoms with Gasteiger partial charge in [0.05, 0.1) is 0 Å². The molecule has 0 radical (unpaired) electrons. The van der Waals surface area contributed by atoms with E-state index in [1.165, 1.54) is 11.1 Å². The van der Waals surface area contributed by atoms with Crippen LogP contribution in [0, 0.1) is 5.92 Å². The van der Waals surface area contributed by atoms with Crippen molar-refractivity contribution < 1.29 is 4.79 Å². The molecule has 1 saturated heterocycles. The zero-order valence-corrected chi connectivity index (χ0v) is 15.4. The zero-order valence-electron chi connectivity index (χ0n) is 14.7. The quantitative estimate of drug-likeness (QED) is 0.838. The summed E-state index contributed by atoms with van der Waals surface area (Å²) in [4.78, 5) is 15.0. The van der Waals surface area contributed by atoms with Crippen LogP contribution in [0.3, 0.4) is 0 Å². The maximum Gasteiger partial charge on any atom is 0.227 e. The highest BCUT2D eigenvalue weighted by molar-refractivity contribution is 6.30. The number of aryl methyl sites for hydroxylation is 1. The second-order valence-corrected chi connectivity index (χ2v) is 7.11. The summed E-state index contributed by atoms with van der Waals surface area (Å²) in [5.74, 6) is 0.262. The Morgan fingerprint density at radius 3 is 2.48 bits per heavy atom. The average molecular weight is 357 g/mol. The van der Waals surface area contributed by atoms with E-state index in [0.717, 1.165) is 49.6 Å². The largest absolute Gasteiger partial charge is 0.326 e. The minimum absolute atomic E-state index is 0.103. The van der Waals surface area contributed by atoms with Crippen LogP contribution in [0.25, 0.3) is 0 Å². The number of piperidine rings is 1. The van der Waals surface area contributed by atoms with Crippen molar-refractivity contribution >= 4 is 23.2 Å². The van der Waals surface area contributed by atoms with Crippen molar-refractivity contribution in [3.8, 4) is 0 Å². The molecule has 2 aromatic carbocycles. The molecule has 1 heterocycles. The lowest BCUT2D eigenvalue weighted by molar-refractivity contribution is -0.121. The number of nitrogens with one attached hydrogen (secondary N) is 1. The fraction of sp³-hybridized carbons (Fsp3) is 0.381. The van der Waals surface area contributed by atoms with Crippen LogP contribution in [0.1, 0.15) is 30.9 Å². The van der Waals surface area contributed by atoms with Crippen LogP contribution in [-0.2, 0) is 17.8 Å².